The summed E-state index contributed by atoms with van der Waals surface area (Å²) in [6.07, 6.45) is 2.02. The van der Waals surface area contributed by atoms with Crippen LogP contribution in [0, 0.1) is 5.92 Å². The number of carbonyl (C=O) groups excluding carboxylic acids is 2. The van der Waals surface area contributed by atoms with Crippen molar-refractivity contribution in [3.05, 3.63) is 54.1 Å². The summed E-state index contributed by atoms with van der Waals surface area (Å²) in [6, 6.07) is 13.5. The molecule has 0 bridgehead atoms. The molecule has 2 rings (SSSR count). The standard InChI is InChI=1S/C22H28N2O5S/c1-16(2)22(26)24-18-8-6-17(7-9-18)15-23-21(25)5-4-14-29-19-10-12-20(13-11-19)30(3,27)28/h6-13,16H,4-5,14-15H2,1-3H3,(H,23,25)(H,24,26). The highest BCUT2D eigenvalue weighted by Crippen LogP contribution is 2.16. The van der Waals surface area contributed by atoms with Crippen molar-refractivity contribution in [2.45, 2.75) is 38.1 Å². The number of amides is 2. The van der Waals surface area contributed by atoms with E-state index in [9.17, 15) is 18.0 Å². The van der Waals surface area contributed by atoms with E-state index < -0.39 is 9.84 Å². The van der Waals surface area contributed by atoms with Crippen molar-refractivity contribution in [2.24, 2.45) is 5.92 Å². The Labute approximate surface area is 177 Å². The average Bonchev–Trinajstić information content (AvgIpc) is 2.70. The summed E-state index contributed by atoms with van der Waals surface area (Å²) < 4.78 is 28.4. The van der Waals surface area contributed by atoms with Crippen LogP contribution in [0.25, 0.3) is 0 Å². The van der Waals surface area contributed by atoms with E-state index in [1.807, 2.05) is 38.1 Å². The highest BCUT2D eigenvalue weighted by molar-refractivity contribution is 7.90. The van der Waals surface area contributed by atoms with Crippen molar-refractivity contribution in [1.82, 2.24) is 5.32 Å². The molecule has 0 aromatic heterocycles. The van der Waals surface area contributed by atoms with Gasteiger partial charge >= 0.3 is 0 Å². The second kappa shape index (κ2) is 10.8. The molecule has 0 radical (unpaired) electrons. The number of anilines is 1. The summed E-state index contributed by atoms with van der Waals surface area (Å²) in [5.41, 5.74) is 1.67. The van der Waals surface area contributed by atoms with Crippen molar-refractivity contribution >= 4 is 27.3 Å². The third kappa shape index (κ3) is 7.87. The topological polar surface area (TPSA) is 102 Å². The van der Waals surface area contributed by atoms with Crippen LogP contribution in [0.2, 0.25) is 0 Å². The summed E-state index contributed by atoms with van der Waals surface area (Å²) in [5.74, 6) is 0.361. The summed E-state index contributed by atoms with van der Waals surface area (Å²) >= 11 is 0. The number of nitrogens with one attached hydrogen (secondary N) is 2. The van der Waals surface area contributed by atoms with Crippen LogP contribution < -0.4 is 15.4 Å². The van der Waals surface area contributed by atoms with Gasteiger partial charge in [-0.1, -0.05) is 26.0 Å². The fraction of sp³-hybridized carbons (Fsp3) is 0.364. The largest absolute Gasteiger partial charge is 0.494 e. The normalized spacial score (nSPS) is 11.2. The molecule has 0 aliphatic rings. The Morgan fingerprint density at radius 3 is 2.20 bits per heavy atom. The van der Waals surface area contributed by atoms with Crippen LogP contribution in [0.3, 0.4) is 0 Å². The van der Waals surface area contributed by atoms with Gasteiger partial charge in [-0.2, -0.15) is 0 Å². The van der Waals surface area contributed by atoms with E-state index in [0.717, 1.165) is 17.5 Å². The zero-order valence-corrected chi connectivity index (χ0v) is 18.3. The minimum Gasteiger partial charge on any atom is -0.494 e. The summed E-state index contributed by atoms with van der Waals surface area (Å²) in [7, 11) is -3.22. The molecule has 8 heteroatoms. The Hall–Kier alpha value is -2.87. The molecule has 2 N–H and O–H groups in total. The van der Waals surface area contributed by atoms with Crippen LogP contribution >= 0.6 is 0 Å². The first-order chi connectivity index (χ1) is 14.1. The molecular weight excluding hydrogens is 404 g/mol. The molecule has 0 aliphatic carbocycles. The van der Waals surface area contributed by atoms with Gasteiger partial charge in [-0.3, -0.25) is 9.59 Å². The number of rotatable bonds is 10. The lowest BCUT2D eigenvalue weighted by atomic mass is 10.1. The van der Waals surface area contributed by atoms with Crippen molar-refractivity contribution in [3.8, 4) is 5.75 Å². The molecule has 2 aromatic carbocycles. The minimum absolute atomic E-state index is 0.0374. The van der Waals surface area contributed by atoms with Crippen LogP contribution in [0.1, 0.15) is 32.3 Å². The van der Waals surface area contributed by atoms with Gasteiger partial charge < -0.3 is 15.4 Å². The fourth-order valence-electron chi connectivity index (χ4n) is 2.49. The summed E-state index contributed by atoms with van der Waals surface area (Å²) in [4.78, 5) is 23.9. The Bertz CT molecular complexity index is 952. The quantitative estimate of drug-likeness (QED) is 0.562. The lowest BCUT2D eigenvalue weighted by Crippen LogP contribution is -2.23. The van der Waals surface area contributed by atoms with Gasteiger partial charge in [-0.15, -0.1) is 0 Å². The van der Waals surface area contributed by atoms with Gasteiger partial charge in [-0.25, -0.2) is 8.42 Å². The fourth-order valence-corrected chi connectivity index (χ4v) is 3.12. The van der Waals surface area contributed by atoms with Crippen molar-refractivity contribution in [2.75, 3.05) is 18.2 Å². The maximum atomic E-state index is 12.0. The van der Waals surface area contributed by atoms with E-state index in [0.29, 0.717) is 31.7 Å². The molecule has 0 unspecified atom stereocenters. The van der Waals surface area contributed by atoms with Crippen LogP contribution in [0.5, 0.6) is 5.75 Å². The Kier molecular flexibility index (Phi) is 8.41. The van der Waals surface area contributed by atoms with E-state index in [1.54, 1.807) is 12.1 Å². The van der Waals surface area contributed by atoms with Crippen LogP contribution in [0.4, 0.5) is 5.69 Å². The molecule has 2 aromatic rings. The van der Waals surface area contributed by atoms with E-state index >= 15 is 0 Å². The molecule has 0 saturated heterocycles. The van der Waals surface area contributed by atoms with Gasteiger partial charge in [0.1, 0.15) is 5.75 Å². The lowest BCUT2D eigenvalue weighted by Gasteiger charge is -2.10. The van der Waals surface area contributed by atoms with E-state index in [2.05, 4.69) is 10.6 Å². The SMILES string of the molecule is CC(C)C(=O)Nc1ccc(CNC(=O)CCCOc2ccc(S(C)(=O)=O)cc2)cc1. The third-order valence-electron chi connectivity index (χ3n) is 4.30. The summed E-state index contributed by atoms with van der Waals surface area (Å²) in [5, 5.41) is 5.67. The molecule has 0 aliphatic heterocycles. The molecule has 0 saturated carbocycles. The molecule has 2 amide bonds. The smallest absolute Gasteiger partial charge is 0.226 e. The maximum absolute atomic E-state index is 12.0. The summed E-state index contributed by atoms with van der Waals surface area (Å²) in [6.45, 7) is 4.43. The number of ether oxygens (including phenoxy) is 1. The second-order valence-corrected chi connectivity index (χ2v) is 9.33. The van der Waals surface area contributed by atoms with Gasteiger partial charge in [-0.05, 0) is 48.4 Å². The molecule has 7 nitrogen and oxygen atoms in total. The van der Waals surface area contributed by atoms with Crippen molar-refractivity contribution in [3.63, 3.8) is 0 Å². The first kappa shape index (κ1) is 23.4. The number of hydrogen-bond acceptors (Lipinski definition) is 5. The highest BCUT2D eigenvalue weighted by Gasteiger charge is 2.08. The first-order valence-corrected chi connectivity index (χ1v) is 11.6. The van der Waals surface area contributed by atoms with E-state index in [1.165, 1.54) is 12.1 Å². The predicted octanol–water partition coefficient (Wildman–Crippen LogP) is 3.16. The third-order valence-corrected chi connectivity index (χ3v) is 5.43. The molecule has 0 spiro atoms. The van der Waals surface area contributed by atoms with Gasteiger partial charge in [0.2, 0.25) is 11.8 Å². The Morgan fingerprint density at radius 2 is 1.63 bits per heavy atom. The zero-order valence-electron chi connectivity index (χ0n) is 17.5. The number of hydrogen-bond donors (Lipinski definition) is 2. The first-order valence-electron chi connectivity index (χ1n) is 9.74. The molecule has 0 fully saturated rings. The highest BCUT2D eigenvalue weighted by atomic mass is 32.2. The van der Waals surface area contributed by atoms with Gasteiger partial charge in [0, 0.05) is 30.8 Å². The number of sulfone groups is 1. The monoisotopic (exact) mass is 432 g/mol. The Morgan fingerprint density at radius 1 is 1.00 bits per heavy atom. The molecule has 0 heterocycles. The van der Waals surface area contributed by atoms with Crippen LogP contribution in [-0.4, -0.2) is 33.1 Å². The maximum Gasteiger partial charge on any atom is 0.226 e. The van der Waals surface area contributed by atoms with Crippen LogP contribution in [-0.2, 0) is 26.0 Å². The molecule has 162 valence electrons. The van der Waals surface area contributed by atoms with Gasteiger partial charge in [0.25, 0.3) is 0 Å². The van der Waals surface area contributed by atoms with Crippen molar-refractivity contribution in [1.29, 1.82) is 0 Å². The van der Waals surface area contributed by atoms with Crippen molar-refractivity contribution < 1.29 is 22.7 Å². The number of carbonyl (C=O) groups is 2. The van der Waals surface area contributed by atoms with Crippen LogP contribution in [0.15, 0.2) is 53.4 Å². The molecule has 0 atom stereocenters. The second-order valence-electron chi connectivity index (χ2n) is 7.31. The predicted molar refractivity (Wildman–Crippen MR) is 116 cm³/mol. The molecule has 30 heavy (non-hydrogen) atoms. The molecular formula is C22H28N2O5S. The van der Waals surface area contributed by atoms with E-state index in [4.69, 9.17) is 4.74 Å². The minimum atomic E-state index is -3.22. The lowest BCUT2D eigenvalue weighted by molar-refractivity contribution is -0.121. The van der Waals surface area contributed by atoms with Gasteiger partial charge in [0.15, 0.2) is 9.84 Å². The number of benzene rings is 2. The average molecular weight is 433 g/mol. The van der Waals surface area contributed by atoms with Gasteiger partial charge in [0.05, 0.1) is 11.5 Å². The van der Waals surface area contributed by atoms with E-state index in [-0.39, 0.29) is 22.6 Å². The Balaban J connectivity index is 1.67. The zero-order chi connectivity index (χ0) is 22.1.